The van der Waals surface area contributed by atoms with Gasteiger partial charge in [-0.05, 0) is 47.9 Å². The molecule has 1 saturated carbocycles. The molecule has 27 heavy (non-hydrogen) atoms. The first-order chi connectivity index (χ1) is 12.8. The zero-order chi connectivity index (χ0) is 19.9. The van der Waals surface area contributed by atoms with Crippen LogP contribution < -0.4 is 10.6 Å². The minimum Gasteiger partial charge on any atom is -0.356 e. The Bertz CT molecular complexity index is 742. The fraction of sp³-hybridized carbons (Fsp3) is 0.650. The van der Waals surface area contributed by atoms with Gasteiger partial charge in [-0.3, -0.25) is 4.99 Å². The molecule has 0 saturated heterocycles. The molecule has 0 bridgehead atoms. The van der Waals surface area contributed by atoms with Gasteiger partial charge in [0.15, 0.2) is 15.8 Å². The predicted octanol–water partition coefficient (Wildman–Crippen LogP) is 3.25. The van der Waals surface area contributed by atoms with Crippen LogP contribution in [0.3, 0.4) is 0 Å². The highest BCUT2D eigenvalue weighted by atomic mass is 32.2. The summed E-state index contributed by atoms with van der Waals surface area (Å²) in [5, 5.41) is 6.53. The number of aliphatic imine (C=N–C) groups is 1. The maximum Gasteiger partial charge on any atom is 0.191 e. The molecule has 0 aromatic heterocycles. The van der Waals surface area contributed by atoms with E-state index in [9.17, 15) is 12.8 Å². The van der Waals surface area contributed by atoms with Gasteiger partial charge in [0.1, 0.15) is 5.82 Å². The third-order valence-electron chi connectivity index (χ3n) is 5.36. The Labute approximate surface area is 162 Å². The zero-order valence-corrected chi connectivity index (χ0v) is 17.4. The second-order valence-corrected chi connectivity index (χ2v) is 9.72. The van der Waals surface area contributed by atoms with Crippen LogP contribution >= 0.6 is 0 Å². The smallest absolute Gasteiger partial charge is 0.191 e. The predicted molar refractivity (Wildman–Crippen MR) is 109 cm³/mol. The minimum atomic E-state index is -3.18. The van der Waals surface area contributed by atoms with Crippen molar-refractivity contribution in [2.24, 2.45) is 16.8 Å². The number of rotatable bonds is 7. The zero-order valence-electron chi connectivity index (χ0n) is 16.6. The van der Waals surface area contributed by atoms with E-state index in [-0.39, 0.29) is 11.6 Å². The van der Waals surface area contributed by atoms with Crippen LogP contribution in [0.4, 0.5) is 4.39 Å². The van der Waals surface area contributed by atoms with Crippen LogP contribution in [0.15, 0.2) is 23.2 Å². The molecule has 2 N–H and O–H groups in total. The summed E-state index contributed by atoms with van der Waals surface area (Å²) < 4.78 is 36.8. The summed E-state index contributed by atoms with van der Waals surface area (Å²) in [6, 6.07) is 4.21. The van der Waals surface area contributed by atoms with Crippen molar-refractivity contribution in [1.82, 2.24) is 10.6 Å². The van der Waals surface area contributed by atoms with Crippen LogP contribution in [-0.4, -0.2) is 34.2 Å². The standard InChI is InChI=1S/C20H32FN3O2S/c1-4-15-5-7-16(8-6-15)12-23-20(22-2)24-13-18-11-19(21)10-9-17(18)14-27(3,25)26/h9-11,15-16H,4-8,12-14H2,1-3H3,(H2,22,23,24). The molecule has 1 aromatic rings. The topological polar surface area (TPSA) is 70.6 Å². The summed E-state index contributed by atoms with van der Waals surface area (Å²) in [4.78, 5) is 4.23. The van der Waals surface area contributed by atoms with E-state index in [4.69, 9.17) is 0 Å². The van der Waals surface area contributed by atoms with Gasteiger partial charge in [0.25, 0.3) is 0 Å². The Morgan fingerprint density at radius 2 is 1.81 bits per heavy atom. The van der Waals surface area contributed by atoms with Crippen LogP contribution in [0.2, 0.25) is 0 Å². The highest BCUT2D eigenvalue weighted by Crippen LogP contribution is 2.30. The van der Waals surface area contributed by atoms with Gasteiger partial charge >= 0.3 is 0 Å². The summed E-state index contributed by atoms with van der Waals surface area (Å²) in [7, 11) is -1.48. The van der Waals surface area contributed by atoms with Crippen LogP contribution in [0.25, 0.3) is 0 Å². The van der Waals surface area contributed by atoms with Crippen LogP contribution in [0.1, 0.15) is 50.2 Å². The Morgan fingerprint density at radius 1 is 1.15 bits per heavy atom. The molecular formula is C20H32FN3O2S. The van der Waals surface area contributed by atoms with Crippen molar-refractivity contribution in [2.75, 3.05) is 19.8 Å². The van der Waals surface area contributed by atoms with Gasteiger partial charge in [-0.25, -0.2) is 12.8 Å². The van der Waals surface area contributed by atoms with Gasteiger partial charge in [0.2, 0.25) is 0 Å². The maximum absolute atomic E-state index is 13.6. The number of sulfone groups is 1. The molecule has 1 aliphatic carbocycles. The van der Waals surface area contributed by atoms with Crippen molar-refractivity contribution < 1.29 is 12.8 Å². The summed E-state index contributed by atoms with van der Waals surface area (Å²) in [6.07, 6.45) is 7.53. The average molecular weight is 398 g/mol. The third-order valence-corrected chi connectivity index (χ3v) is 6.19. The molecule has 0 spiro atoms. The molecule has 0 radical (unpaired) electrons. The molecule has 0 aliphatic heterocycles. The van der Waals surface area contributed by atoms with Gasteiger partial charge in [-0.2, -0.15) is 0 Å². The largest absolute Gasteiger partial charge is 0.356 e. The van der Waals surface area contributed by atoms with Gasteiger partial charge < -0.3 is 10.6 Å². The average Bonchev–Trinajstić information content (AvgIpc) is 2.63. The summed E-state index contributed by atoms with van der Waals surface area (Å²) in [5.74, 6) is 1.71. The van der Waals surface area contributed by atoms with E-state index in [2.05, 4.69) is 22.5 Å². The maximum atomic E-state index is 13.6. The summed E-state index contributed by atoms with van der Waals surface area (Å²) >= 11 is 0. The lowest BCUT2D eigenvalue weighted by molar-refractivity contribution is 0.269. The van der Waals surface area contributed by atoms with Gasteiger partial charge in [-0.15, -0.1) is 0 Å². The summed E-state index contributed by atoms with van der Waals surface area (Å²) in [6.45, 7) is 3.46. The molecule has 1 fully saturated rings. The van der Waals surface area contributed by atoms with Crippen molar-refractivity contribution in [3.8, 4) is 0 Å². The second-order valence-electron chi connectivity index (χ2n) is 7.58. The Hall–Kier alpha value is -1.63. The van der Waals surface area contributed by atoms with Crippen molar-refractivity contribution >= 4 is 15.8 Å². The second kappa shape index (κ2) is 10.1. The molecule has 0 amide bonds. The Kier molecular flexibility index (Phi) is 8.07. The molecule has 5 nitrogen and oxygen atoms in total. The van der Waals surface area contributed by atoms with E-state index >= 15 is 0 Å². The number of guanidine groups is 1. The van der Waals surface area contributed by atoms with Gasteiger partial charge in [0.05, 0.1) is 5.75 Å². The quantitative estimate of drug-likeness (QED) is 0.547. The van der Waals surface area contributed by atoms with E-state index < -0.39 is 9.84 Å². The molecule has 0 heterocycles. The van der Waals surface area contributed by atoms with Crippen molar-refractivity contribution in [2.45, 2.75) is 51.3 Å². The number of hydrogen-bond acceptors (Lipinski definition) is 3. The molecule has 1 aliphatic rings. The lowest BCUT2D eigenvalue weighted by Crippen LogP contribution is -2.40. The van der Waals surface area contributed by atoms with Gasteiger partial charge in [-0.1, -0.05) is 32.3 Å². The fourth-order valence-electron chi connectivity index (χ4n) is 3.67. The highest BCUT2D eigenvalue weighted by Gasteiger charge is 2.20. The molecule has 2 rings (SSSR count). The first kappa shape index (κ1) is 21.7. The number of hydrogen-bond donors (Lipinski definition) is 2. The number of nitrogens with one attached hydrogen (secondary N) is 2. The Morgan fingerprint density at radius 3 is 2.41 bits per heavy atom. The number of nitrogens with zero attached hydrogens (tertiary/aromatic N) is 1. The molecule has 7 heteroatoms. The first-order valence-electron chi connectivity index (χ1n) is 9.70. The SMILES string of the molecule is CCC1CCC(CNC(=NC)NCc2cc(F)ccc2CS(C)(=O)=O)CC1. The van der Waals surface area contributed by atoms with E-state index in [1.807, 2.05) is 0 Å². The van der Waals surface area contributed by atoms with E-state index in [0.29, 0.717) is 29.5 Å². The van der Waals surface area contributed by atoms with Crippen LogP contribution in [0, 0.1) is 17.7 Å². The molecule has 152 valence electrons. The number of benzene rings is 1. The molecule has 1 aromatic carbocycles. The van der Waals surface area contributed by atoms with E-state index in [0.717, 1.165) is 12.5 Å². The fourth-order valence-corrected chi connectivity index (χ4v) is 4.51. The van der Waals surface area contributed by atoms with E-state index in [1.54, 1.807) is 7.05 Å². The summed E-state index contributed by atoms with van der Waals surface area (Å²) in [5.41, 5.74) is 1.24. The normalized spacial score (nSPS) is 21.1. The monoisotopic (exact) mass is 397 g/mol. The minimum absolute atomic E-state index is 0.100. The van der Waals surface area contributed by atoms with Gasteiger partial charge in [0, 0.05) is 26.4 Å². The van der Waals surface area contributed by atoms with Crippen molar-refractivity contribution in [3.05, 3.63) is 35.1 Å². The lowest BCUT2D eigenvalue weighted by Gasteiger charge is -2.28. The molecule has 0 unspecified atom stereocenters. The highest BCUT2D eigenvalue weighted by molar-refractivity contribution is 7.89. The van der Waals surface area contributed by atoms with Crippen molar-refractivity contribution in [1.29, 1.82) is 0 Å². The first-order valence-corrected chi connectivity index (χ1v) is 11.8. The van der Waals surface area contributed by atoms with Crippen LogP contribution in [0.5, 0.6) is 0 Å². The van der Waals surface area contributed by atoms with E-state index in [1.165, 1.54) is 56.6 Å². The lowest BCUT2D eigenvalue weighted by atomic mass is 9.81. The van der Waals surface area contributed by atoms with Crippen molar-refractivity contribution in [3.63, 3.8) is 0 Å². The molecular weight excluding hydrogens is 365 g/mol. The number of halogens is 1. The third kappa shape index (κ3) is 7.48. The molecule has 0 atom stereocenters. The Balaban J connectivity index is 1.89. The van der Waals surface area contributed by atoms with Crippen LogP contribution in [-0.2, 0) is 22.1 Å².